The first-order valence-corrected chi connectivity index (χ1v) is 10.0. The fraction of sp³-hybridized carbons (Fsp3) is 0.842. The molecule has 0 aliphatic carbocycles. The number of rotatable bonds is 9. The third-order valence-corrected chi connectivity index (χ3v) is 4.88. The van der Waals surface area contributed by atoms with Gasteiger partial charge in [0, 0.05) is 0 Å². The Kier molecular flexibility index (Phi) is 10.8. The molecule has 0 fully saturated rings. The minimum atomic E-state index is -6.39. The maximum Gasteiger partial charge on any atom is 0.434 e. The molecule has 37 heavy (non-hydrogen) atoms. The molecule has 0 aromatic heterocycles. The van der Waals surface area contributed by atoms with Crippen LogP contribution in [0.1, 0.15) is 41.0 Å². The van der Waals surface area contributed by atoms with Crippen LogP contribution in [0.4, 0.5) is 52.7 Å². The summed E-state index contributed by atoms with van der Waals surface area (Å²) in [4.78, 5) is 36.8. The highest BCUT2D eigenvalue weighted by Gasteiger charge is 2.63. The van der Waals surface area contributed by atoms with Gasteiger partial charge in [-0.3, -0.25) is 4.79 Å². The summed E-state index contributed by atoms with van der Waals surface area (Å²) < 4.78 is 164. The standard InChI is InChI=1S/C19H22F12O6/c1-7(2)6-15(5,8(3)4)14(34)35-9(10(32)36-12(16(20,21)22)17(23,24)25)11(33)37-13(18(26,27)28)19(29,30)31/h7-9,12-13H,6H2,1-5H3. The first kappa shape index (κ1) is 34.6. The second kappa shape index (κ2) is 11.5. The Morgan fingerprint density at radius 2 is 0.892 bits per heavy atom. The van der Waals surface area contributed by atoms with Crippen LogP contribution in [0.5, 0.6) is 0 Å². The normalized spacial score (nSPS) is 15.4. The SMILES string of the molecule is CC(C)CC(C)(C(=O)OC(C(=O)OC(C(F)(F)F)C(F)(F)F)C(=O)OC(C(F)(F)F)C(F)(F)F)C(C)C. The molecule has 0 spiro atoms. The monoisotopic (exact) mass is 574 g/mol. The van der Waals surface area contributed by atoms with Crippen molar-refractivity contribution in [2.45, 2.75) is 84.1 Å². The van der Waals surface area contributed by atoms with Gasteiger partial charge >= 0.3 is 42.6 Å². The number of alkyl halides is 12. The van der Waals surface area contributed by atoms with Gasteiger partial charge in [-0.15, -0.1) is 0 Å². The molecule has 0 radical (unpaired) electrons. The minimum absolute atomic E-state index is 0.165. The predicted molar refractivity (Wildman–Crippen MR) is 96.3 cm³/mol. The lowest BCUT2D eigenvalue weighted by atomic mass is 9.73. The summed E-state index contributed by atoms with van der Waals surface area (Å²) in [6.07, 6.45) is -39.5. The molecular weight excluding hydrogens is 552 g/mol. The topological polar surface area (TPSA) is 78.9 Å². The second-order valence-corrected chi connectivity index (χ2v) is 8.76. The number of hydrogen-bond acceptors (Lipinski definition) is 6. The van der Waals surface area contributed by atoms with Gasteiger partial charge < -0.3 is 14.2 Å². The van der Waals surface area contributed by atoms with E-state index in [1.54, 1.807) is 0 Å². The van der Waals surface area contributed by atoms with Crippen molar-refractivity contribution in [3.05, 3.63) is 0 Å². The second-order valence-electron chi connectivity index (χ2n) is 8.76. The number of halogens is 12. The summed E-state index contributed by atoms with van der Waals surface area (Å²) in [5, 5.41) is 0. The molecule has 0 aliphatic heterocycles. The molecule has 6 nitrogen and oxygen atoms in total. The van der Waals surface area contributed by atoms with Crippen molar-refractivity contribution in [2.24, 2.45) is 17.3 Å². The van der Waals surface area contributed by atoms with E-state index in [2.05, 4.69) is 14.2 Å². The van der Waals surface area contributed by atoms with E-state index >= 15 is 0 Å². The summed E-state index contributed by atoms with van der Waals surface area (Å²) >= 11 is 0. The fourth-order valence-electron chi connectivity index (χ4n) is 2.83. The van der Waals surface area contributed by atoms with Gasteiger partial charge in [0.2, 0.25) is 0 Å². The molecule has 0 saturated heterocycles. The zero-order valence-electron chi connectivity index (χ0n) is 19.6. The predicted octanol–water partition coefficient (Wildman–Crippen LogP) is 5.68. The lowest BCUT2D eigenvalue weighted by molar-refractivity contribution is -0.319. The Hall–Kier alpha value is -2.43. The van der Waals surface area contributed by atoms with E-state index < -0.39 is 72.3 Å². The van der Waals surface area contributed by atoms with Crippen LogP contribution in [0.2, 0.25) is 0 Å². The number of esters is 3. The van der Waals surface area contributed by atoms with Crippen LogP contribution in [-0.4, -0.2) is 60.9 Å². The zero-order chi connectivity index (χ0) is 29.9. The molecule has 0 saturated carbocycles. The highest BCUT2D eigenvalue weighted by Crippen LogP contribution is 2.39. The van der Waals surface area contributed by atoms with E-state index in [4.69, 9.17) is 0 Å². The third-order valence-electron chi connectivity index (χ3n) is 4.88. The maximum absolute atomic E-state index is 12.7. The molecule has 0 N–H and O–H groups in total. The van der Waals surface area contributed by atoms with Crippen molar-refractivity contribution in [2.75, 3.05) is 0 Å². The highest BCUT2D eigenvalue weighted by molar-refractivity contribution is 6.00. The zero-order valence-corrected chi connectivity index (χ0v) is 19.6. The molecule has 0 aromatic carbocycles. The van der Waals surface area contributed by atoms with E-state index in [9.17, 15) is 67.1 Å². The van der Waals surface area contributed by atoms with Crippen LogP contribution in [0.3, 0.4) is 0 Å². The van der Waals surface area contributed by atoms with Crippen molar-refractivity contribution >= 4 is 17.9 Å². The van der Waals surface area contributed by atoms with Crippen molar-refractivity contribution < 1.29 is 81.3 Å². The largest absolute Gasteiger partial charge is 0.440 e. The maximum atomic E-state index is 12.7. The lowest BCUT2D eigenvalue weighted by Gasteiger charge is -2.34. The molecule has 0 aromatic rings. The van der Waals surface area contributed by atoms with Gasteiger partial charge in [0.05, 0.1) is 5.41 Å². The number of hydrogen-bond donors (Lipinski definition) is 0. The van der Waals surface area contributed by atoms with E-state index in [1.807, 2.05) is 0 Å². The first-order valence-electron chi connectivity index (χ1n) is 10.0. The Balaban J connectivity index is 6.53. The summed E-state index contributed by atoms with van der Waals surface area (Å²) in [6, 6.07) is 0. The molecule has 0 heterocycles. The van der Waals surface area contributed by atoms with Crippen LogP contribution in [0.25, 0.3) is 0 Å². The molecule has 1 unspecified atom stereocenters. The van der Waals surface area contributed by atoms with Crippen LogP contribution in [0.15, 0.2) is 0 Å². The number of carbonyl (C=O) groups is 3. The lowest BCUT2D eigenvalue weighted by Crippen LogP contribution is -2.52. The Morgan fingerprint density at radius 3 is 1.11 bits per heavy atom. The average molecular weight is 574 g/mol. The fourth-order valence-corrected chi connectivity index (χ4v) is 2.83. The first-order chi connectivity index (χ1) is 16.2. The van der Waals surface area contributed by atoms with Gasteiger partial charge in [0.15, 0.2) is 0 Å². The molecule has 0 bridgehead atoms. The van der Waals surface area contributed by atoms with E-state index in [0.717, 1.165) is 6.92 Å². The highest BCUT2D eigenvalue weighted by atomic mass is 19.4. The summed E-state index contributed by atoms with van der Waals surface area (Å²) in [5.41, 5.74) is -1.77. The van der Waals surface area contributed by atoms with Crippen LogP contribution < -0.4 is 0 Å². The van der Waals surface area contributed by atoms with Crippen LogP contribution in [-0.2, 0) is 28.6 Å². The summed E-state index contributed by atoms with van der Waals surface area (Å²) in [6.45, 7) is 6.87. The molecule has 218 valence electrons. The smallest absolute Gasteiger partial charge is 0.434 e. The minimum Gasteiger partial charge on any atom is -0.440 e. The van der Waals surface area contributed by atoms with Crippen molar-refractivity contribution in [3.63, 3.8) is 0 Å². The van der Waals surface area contributed by atoms with Crippen molar-refractivity contribution in [1.29, 1.82) is 0 Å². The van der Waals surface area contributed by atoms with Crippen molar-refractivity contribution in [1.82, 2.24) is 0 Å². The molecule has 0 rings (SSSR count). The van der Waals surface area contributed by atoms with E-state index in [1.165, 1.54) is 27.7 Å². The average Bonchev–Trinajstić information content (AvgIpc) is 2.63. The van der Waals surface area contributed by atoms with Crippen LogP contribution >= 0.6 is 0 Å². The van der Waals surface area contributed by atoms with Gasteiger partial charge in [-0.2, -0.15) is 52.7 Å². The van der Waals surface area contributed by atoms with Gasteiger partial charge in [-0.1, -0.05) is 27.7 Å². The summed E-state index contributed by atoms with van der Waals surface area (Å²) in [7, 11) is 0. The number of carbonyl (C=O) groups excluding carboxylic acids is 3. The van der Waals surface area contributed by atoms with Gasteiger partial charge in [-0.25, -0.2) is 9.59 Å². The molecule has 0 aliphatic rings. The Morgan fingerprint density at radius 1 is 0.595 bits per heavy atom. The molecule has 18 heteroatoms. The summed E-state index contributed by atoms with van der Waals surface area (Å²) in [5.74, 6) is -9.03. The van der Waals surface area contributed by atoms with E-state index in [-0.39, 0.29) is 12.3 Å². The molecule has 1 atom stereocenters. The van der Waals surface area contributed by atoms with Gasteiger partial charge in [-0.05, 0) is 25.2 Å². The number of ether oxygens (including phenoxy) is 3. The Labute approximate surface area is 201 Å². The van der Waals surface area contributed by atoms with Crippen molar-refractivity contribution in [3.8, 4) is 0 Å². The quantitative estimate of drug-likeness (QED) is 0.153. The van der Waals surface area contributed by atoms with E-state index in [0.29, 0.717) is 0 Å². The molecule has 0 amide bonds. The van der Waals surface area contributed by atoms with Gasteiger partial charge in [0.25, 0.3) is 18.3 Å². The molecular formula is C19H22F12O6. The van der Waals surface area contributed by atoms with Gasteiger partial charge in [0.1, 0.15) is 0 Å². The van der Waals surface area contributed by atoms with Crippen LogP contribution in [0, 0.1) is 17.3 Å². The Bertz CT molecular complexity index is 738. The third kappa shape index (κ3) is 9.75.